The second-order valence-corrected chi connectivity index (χ2v) is 8.03. The smallest absolute Gasteiger partial charge is 0.411 e. The van der Waals surface area contributed by atoms with Gasteiger partial charge in [0, 0.05) is 6.54 Å². The van der Waals surface area contributed by atoms with E-state index >= 15 is 0 Å². The fraction of sp³-hybridized carbons (Fsp3) is 0.409. The van der Waals surface area contributed by atoms with E-state index in [9.17, 15) is 4.79 Å². The largest absolute Gasteiger partial charge is 0.454 e. The summed E-state index contributed by atoms with van der Waals surface area (Å²) in [5.74, 6) is 1.46. The van der Waals surface area contributed by atoms with Crippen LogP contribution in [0, 0.1) is 0 Å². The number of likely N-dealkylation sites (tertiary alicyclic amines) is 1. The average molecular weight is 367 g/mol. The van der Waals surface area contributed by atoms with Crippen molar-refractivity contribution in [1.29, 1.82) is 0 Å². The molecule has 0 unspecified atom stereocenters. The molecule has 5 heteroatoms. The van der Waals surface area contributed by atoms with E-state index in [4.69, 9.17) is 14.2 Å². The molecule has 142 valence electrons. The Morgan fingerprint density at radius 1 is 1.04 bits per heavy atom. The molecule has 0 radical (unpaired) electrons. The number of nitrogens with zero attached hydrogens (tertiary/aromatic N) is 1. The second-order valence-electron chi connectivity index (χ2n) is 8.03. The topological polar surface area (TPSA) is 48.0 Å². The van der Waals surface area contributed by atoms with E-state index in [0.29, 0.717) is 6.54 Å². The number of carbonyl (C=O) groups excluding carboxylic acids is 1. The zero-order valence-electron chi connectivity index (χ0n) is 16.0. The minimum absolute atomic E-state index is 0.229. The van der Waals surface area contributed by atoms with Crippen molar-refractivity contribution < 1.29 is 19.0 Å². The molecule has 0 bridgehead atoms. The van der Waals surface area contributed by atoms with Crippen molar-refractivity contribution >= 4 is 6.09 Å². The Balaban J connectivity index is 1.83. The van der Waals surface area contributed by atoms with Gasteiger partial charge >= 0.3 is 6.09 Å². The zero-order valence-corrected chi connectivity index (χ0v) is 16.0. The molecule has 1 saturated heterocycles. The fourth-order valence-corrected chi connectivity index (χ4v) is 4.02. The summed E-state index contributed by atoms with van der Waals surface area (Å²) in [6, 6.07) is 16.1. The van der Waals surface area contributed by atoms with Gasteiger partial charge in [0.15, 0.2) is 11.5 Å². The Labute approximate surface area is 159 Å². The van der Waals surface area contributed by atoms with Crippen LogP contribution in [0.25, 0.3) is 0 Å². The van der Waals surface area contributed by atoms with Crippen molar-refractivity contribution in [3.05, 3.63) is 59.7 Å². The quantitative estimate of drug-likeness (QED) is 0.773. The van der Waals surface area contributed by atoms with Crippen molar-refractivity contribution in [3.63, 3.8) is 0 Å². The first-order valence-corrected chi connectivity index (χ1v) is 9.36. The summed E-state index contributed by atoms with van der Waals surface area (Å²) in [5, 5.41) is 0. The van der Waals surface area contributed by atoms with Gasteiger partial charge < -0.3 is 14.2 Å². The lowest BCUT2D eigenvalue weighted by molar-refractivity contribution is 0.0130. The monoisotopic (exact) mass is 367 g/mol. The highest BCUT2D eigenvalue weighted by Gasteiger charge is 2.48. The standard InChI is InChI=1S/C22H25NO4/c1-21(2,3)27-20(24)23-13-7-12-22(23,16-8-5-4-6-9-16)17-10-11-18-19(14-17)26-15-25-18/h4-6,8-11,14H,7,12-13,15H2,1-3H3/t22-/m0/s1. The van der Waals surface area contributed by atoms with Gasteiger partial charge in [-0.3, -0.25) is 4.90 Å². The number of hydrogen-bond donors (Lipinski definition) is 0. The van der Waals surface area contributed by atoms with Crippen LogP contribution < -0.4 is 9.47 Å². The normalized spacial score (nSPS) is 21.4. The number of benzene rings is 2. The molecule has 2 aliphatic heterocycles. The summed E-state index contributed by atoms with van der Waals surface area (Å²) < 4.78 is 16.8. The fourth-order valence-electron chi connectivity index (χ4n) is 4.02. The molecule has 4 rings (SSSR count). The predicted octanol–water partition coefficient (Wildman–Crippen LogP) is 4.69. The maximum atomic E-state index is 13.1. The Bertz CT molecular complexity index is 843. The first-order chi connectivity index (χ1) is 12.9. The molecule has 2 aliphatic rings. The lowest BCUT2D eigenvalue weighted by atomic mass is 9.80. The van der Waals surface area contributed by atoms with E-state index in [1.165, 1.54) is 0 Å². The van der Waals surface area contributed by atoms with Gasteiger partial charge in [-0.2, -0.15) is 0 Å². The Hall–Kier alpha value is -2.69. The molecule has 0 spiro atoms. The number of fused-ring (bicyclic) bond motifs is 1. The molecular formula is C22H25NO4. The molecule has 0 aliphatic carbocycles. The minimum atomic E-state index is -0.579. The molecule has 1 amide bonds. The highest BCUT2D eigenvalue weighted by atomic mass is 16.7. The van der Waals surface area contributed by atoms with E-state index in [0.717, 1.165) is 35.5 Å². The summed E-state index contributed by atoms with van der Waals surface area (Å²) in [6.07, 6.45) is 1.44. The van der Waals surface area contributed by atoms with Gasteiger partial charge in [0.2, 0.25) is 6.79 Å². The summed E-state index contributed by atoms with van der Waals surface area (Å²) in [5.41, 5.74) is 0.968. The first-order valence-electron chi connectivity index (χ1n) is 9.36. The van der Waals surface area contributed by atoms with Gasteiger partial charge in [-0.1, -0.05) is 36.4 Å². The van der Waals surface area contributed by atoms with Gasteiger partial charge in [0.25, 0.3) is 0 Å². The van der Waals surface area contributed by atoms with Crippen molar-refractivity contribution in [3.8, 4) is 11.5 Å². The van der Waals surface area contributed by atoms with Gasteiger partial charge in [-0.25, -0.2) is 4.79 Å². The third-order valence-corrected chi connectivity index (χ3v) is 5.10. The second kappa shape index (κ2) is 6.48. The Kier molecular flexibility index (Phi) is 4.25. The Morgan fingerprint density at radius 3 is 2.52 bits per heavy atom. The highest BCUT2D eigenvalue weighted by molar-refractivity contribution is 5.72. The summed E-state index contributed by atoms with van der Waals surface area (Å²) in [7, 11) is 0. The lowest BCUT2D eigenvalue weighted by Crippen LogP contribution is -2.47. The Morgan fingerprint density at radius 2 is 1.78 bits per heavy atom. The molecule has 2 heterocycles. The van der Waals surface area contributed by atoms with E-state index in [2.05, 4.69) is 12.1 Å². The van der Waals surface area contributed by atoms with Crippen LogP contribution >= 0.6 is 0 Å². The summed E-state index contributed by atoms with van der Waals surface area (Å²) >= 11 is 0. The van der Waals surface area contributed by atoms with Crippen LogP contribution in [-0.4, -0.2) is 29.9 Å². The predicted molar refractivity (Wildman–Crippen MR) is 102 cm³/mol. The maximum Gasteiger partial charge on any atom is 0.411 e. The van der Waals surface area contributed by atoms with Gasteiger partial charge in [-0.05, 0) is 56.9 Å². The molecule has 2 aromatic carbocycles. The van der Waals surface area contributed by atoms with Crippen molar-refractivity contribution in [2.75, 3.05) is 13.3 Å². The molecule has 1 atom stereocenters. The maximum absolute atomic E-state index is 13.1. The first kappa shape index (κ1) is 17.7. The van der Waals surface area contributed by atoms with E-state index in [-0.39, 0.29) is 12.9 Å². The lowest BCUT2D eigenvalue weighted by Gasteiger charge is -2.40. The van der Waals surface area contributed by atoms with Crippen LogP contribution in [0.2, 0.25) is 0 Å². The average Bonchev–Trinajstić information content (AvgIpc) is 3.28. The third-order valence-electron chi connectivity index (χ3n) is 5.10. The van der Waals surface area contributed by atoms with E-state index in [1.807, 2.05) is 62.1 Å². The highest BCUT2D eigenvalue weighted by Crippen LogP contribution is 2.47. The number of hydrogen-bond acceptors (Lipinski definition) is 4. The number of amides is 1. The SMILES string of the molecule is CC(C)(C)OC(=O)N1CCC[C@]1(c1ccccc1)c1ccc2c(c1)OCO2. The number of ether oxygens (including phenoxy) is 3. The van der Waals surface area contributed by atoms with Crippen LogP contribution in [0.4, 0.5) is 4.79 Å². The van der Waals surface area contributed by atoms with Gasteiger partial charge in [0.05, 0.1) is 5.54 Å². The van der Waals surface area contributed by atoms with Crippen LogP contribution in [-0.2, 0) is 10.3 Å². The minimum Gasteiger partial charge on any atom is -0.454 e. The molecule has 0 saturated carbocycles. The van der Waals surface area contributed by atoms with Crippen molar-refractivity contribution in [2.24, 2.45) is 0 Å². The van der Waals surface area contributed by atoms with E-state index in [1.54, 1.807) is 0 Å². The van der Waals surface area contributed by atoms with Crippen LogP contribution in [0.5, 0.6) is 11.5 Å². The molecule has 0 aromatic heterocycles. The summed E-state index contributed by atoms with van der Waals surface area (Å²) in [6.45, 7) is 6.56. The van der Waals surface area contributed by atoms with Crippen LogP contribution in [0.1, 0.15) is 44.7 Å². The van der Waals surface area contributed by atoms with E-state index < -0.39 is 11.1 Å². The summed E-state index contributed by atoms with van der Waals surface area (Å²) in [4.78, 5) is 15.0. The van der Waals surface area contributed by atoms with Gasteiger partial charge in [0.1, 0.15) is 5.60 Å². The molecule has 2 aromatic rings. The van der Waals surface area contributed by atoms with Gasteiger partial charge in [-0.15, -0.1) is 0 Å². The van der Waals surface area contributed by atoms with Crippen LogP contribution in [0.15, 0.2) is 48.5 Å². The van der Waals surface area contributed by atoms with Crippen LogP contribution in [0.3, 0.4) is 0 Å². The van der Waals surface area contributed by atoms with Crippen molar-refractivity contribution in [1.82, 2.24) is 4.90 Å². The molecule has 5 nitrogen and oxygen atoms in total. The van der Waals surface area contributed by atoms with Crippen molar-refractivity contribution in [2.45, 2.75) is 44.8 Å². The zero-order chi connectivity index (χ0) is 19.1. The molecular weight excluding hydrogens is 342 g/mol. The molecule has 0 N–H and O–H groups in total. The number of rotatable bonds is 2. The molecule has 1 fully saturated rings. The number of carbonyl (C=O) groups is 1. The molecule has 27 heavy (non-hydrogen) atoms. The third kappa shape index (κ3) is 3.11.